The smallest absolute Gasteiger partial charge is 0.261 e. The van der Waals surface area contributed by atoms with Crippen molar-refractivity contribution in [3.05, 3.63) is 60.2 Å². The molecule has 2 aromatic carbocycles. The third-order valence-electron chi connectivity index (χ3n) is 2.69. The third-order valence-corrected chi connectivity index (χ3v) is 4.04. The van der Waals surface area contributed by atoms with Gasteiger partial charge in [-0.25, -0.2) is 8.42 Å². The largest absolute Gasteiger partial charge is 0.491 e. The van der Waals surface area contributed by atoms with Crippen LogP contribution in [0.15, 0.2) is 59.5 Å². The van der Waals surface area contributed by atoms with Gasteiger partial charge in [0.05, 0.1) is 18.1 Å². The fraction of sp³-hybridized carbons (Fsp3) is 0.200. The molecule has 0 heterocycles. The first-order valence-corrected chi connectivity index (χ1v) is 8.66. The Bertz CT molecular complexity index is 671. The second kappa shape index (κ2) is 7.45. The van der Waals surface area contributed by atoms with Gasteiger partial charge in [0.25, 0.3) is 9.05 Å². The fourth-order valence-corrected chi connectivity index (χ4v) is 2.53. The molecule has 0 bridgehead atoms. The second-order valence-electron chi connectivity index (χ2n) is 4.30. The molecule has 0 fully saturated rings. The van der Waals surface area contributed by atoms with Crippen LogP contribution in [-0.2, 0) is 20.4 Å². The van der Waals surface area contributed by atoms with Crippen LogP contribution in [0.3, 0.4) is 0 Å². The van der Waals surface area contributed by atoms with Crippen LogP contribution < -0.4 is 4.74 Å². The van der Waals surface area contributed by atoms with Crippen molar-refractivity contribution < 1.29 is 17.9 Å². The molecule has 0 aliphatic heterocycles. The van der Waals surface area contributed by atoms with Crippen molar-refractivity contribution in [2.24, 2.45) is 0 Å². The monoisotopic (exact) mass is 326 g/mol. The summed E-state index contributed by atoms with van der Waals surface area (Å²) in [6, 6.07) is 15.8. The Morgan fingerprint density at radius 1 is 0.952 bits per heavy atom. The third kappa shape index (κ3) is 5.38. The molecule has 0 saturated heterocycles. The van der Waals surface area contributed by atoms with Crippen molar-refractivity contribution in [3.8, 4) is 5.75 Å². The molecular weight excluding hydrogens is 312 g/mol. The summed E-state index contributed by atoms with van der Waals surface area (Å²) in [5, 5.41) is 0. The molecule has 0 aromatic heterocycles. The van der Waals surface area contributed by atoms with E-state index in [4.69, 9.17) is 20.2 Å². The fourth-order valence-electron chi connectivity index (χ4n) is 1.71. The molecular formula is C15H15ClO4S. The summed E-state index contributed by atoms with van der Waals surface area (Å²) in [6.45, 7) is 1.14. The van der Waals surface area contributed by atoms with Crippen molar-refractivity contribution in [1.82, 2.24) is 0 Å². The van der Waals surface area contributed by atoms with Gasteiger partial charge in [0.2, 0.25) is 0 Å². The van der Waals surface area contributed by atoms with E-state index >= 15 is 0 Å². The van der Waals surface area contributed by atoms with Gasteiger partial charge in [-0.1, -0.05) is 30.3 Å². The average Bonchev–Trinajstić information content (AvgIpc) is 2.47. The van der Waals surface area contributed by atoms with Crippen molar-refractivity contribution in [1.29, 1.82) is 0 Å². The van der Waals surface area contributed by atoms with E-state index in [1.54, 1.807) is 12.1 Å². The molecule has 0 saturated carbocycles. The van der Waals surface area contributed by atoms with Crippen LogP contribution in [0, 0.1) is 0 Å². The van der Waals surface area contributed by atoms with Crippen molar-refractivity contribution in [2.75, 3.05) is 13.2 Å². The maximum absolute atomic E-state index is 11.2. The topological polar surface area (TPSA) is 52.6 Å². The Balaban J connectivity index is 1.76. The molecule has 0 aliphatic carbocycles. The first-order valence-electron chi connectivity index (χ1n) is 6.35. The SMILES string of the molecule is O=S(=O)(Cl)c1cccc(COCCOc2ccccc2)c1. The number of hydrogen-bond acceptors (Lipinski definition) is 4. The van der Waals surface area contributed by atoms with Gasteiger partial charge in [0, 0.05) is 10.7 Å². The molecule has 0 radical (unpaired) electrons. The quantitative estimate of drug-likeness (QED) is 0.579. The van der Waals surface area contributed by atoms with Crippen molar-refractivity contribution in [2.45, 2.75) is 11.5 Å². The van der Waals surface area contributed by atoms with E-state index in [0.29, 0.717) is 19.8 Å². The Morgan fingerprint density at radius 3 is 2.43 bits per heavy atom. The normalized spacial score (nSPS) is 11.3. The lowest BCUT2D eigenvalue weighted by atomic mass is 10.2. The zero-order valence-corrected chi connectivity index (χ0v) is 12.8. The molecule has 2 rings (SSSR count). The predicted octanol–water partition coefficient (Wildman–Crippen LogP) is 3.21. The lowest BCUT2D eigenvalue weighted by Crippen LogP contribution is -2.06. The molecule has 112 valence electrons. The Morgan fingerprint density at radius 2 is 1.71 bits per heavy atom. The molecule has 6 heteroatoms. The standard InChI is InChI=1S/C15H15ClO4S/c16-21(17,18)15-8-4-5-13(11-15)12-19-9-10-20-14-6-2-1-3-7-14/h1-8,11H,9-10,12H2. The summed E-state index contributed by atoms with van der Waals surface area (Å²) >= 11 is 0. The van der Waals surface area contributed by atoms with E-state index in [9.17, 15) is 8.42 Å². The van der Waals surface area contributed by atoms with Gasteiger partial charge in [-0.15, -0.1) is 0 Å². The van der Waals surface area contributed by atoms with E-state index in [-0.39, 0.29) is 4.90 Å². The maximum Gasteiger partial charge on any atom is 0.261 e. The molecule has 0 N–H and O–H groups in total. The molecule has 0 atom stereocenters. The minimum Gasteiger partial charge on any atom is -0.491 e. The zero-order chi connectivity index (χ0) is 15.1. The molecule has 0 unspecified atom stereocenters. The van der Waals surface area contributed by atoms with Gasteiger partial charge in [0.15, 0.2) is 0 Å². The highest BCUT2D eigenvalue weighted by molar-refractivity contribution is 8.13. The Kier molecular flexibility index (Phi) is 5.61. The van der Waals surface area contributed by atoms with Crippen LogP contribution in [-0.4, -0.2) is 21.6 Å². The number of para-hydroxylation sites is 1. The van der Waals surface area contributed by atoms with Crippen LogP contribution in [0.4, 0.5) is 0 Å². The lowest BCUT2D eigenvalue weighted by molar-refractivity contribution is 0.0888. The summed E-state index contributed by atoms with van der Waals surface area (Å²) in [4.78, 5) is 0.0748. The van der Waals surface area contributed by atoms with Crippen LogP contribution >= 0.6 is 10.7 Å². The van der Waals surface area contributed by atoms with Crippen LogP contribution in [0.25, 0.3) is 0 Å². The summed E-state index contributed by atoms with van der Waals surface area (Å²) in [6.07, 6.45) is 0. The van der Waals surface area contributed by atoms with Gasteiger partial charge in [-0.2, -0.15) is 0 Å². The summed E-state index contributed by atoms with van der Waals surface area (Å²) in [5.74, 6) is 0.788. The van der Waals surface area contributed by atoms with Gasteiger partial charge in [-0.05, 0) is 29.8 Å². The first kappa shape index (κ1) is 15.8. The maximum atomic E-state index is 11.2. The number of halogens is 1. The Hall–Kier alpha value is -1.56. The molecule has 0 amide bonds. The van der Waals surface area contributed by atoms with Crippen LogP contribution in [0.1, 0.15) is 5.56 Å². The molecule has 2 aromatic rings. The minimum absolute atomic E-state index is 0.0748. The zero-order valence-electron chi connectivity index (χ0n) is 11.2. The average molecular weight is 327 g/mol. The predicted molar refractivity (Wildman–Crippen MR) is 81.1 cm³/mol. The number of benzene rings is 2. The molecule has 0 spiro atoms. The summed E-state index contributed by atoms with van der Waals surface area (Å²) in [7, 11) is 1.59. The number of hydrogen-bond donors (Lipinski definition) is 0. The van der Waals surface area contributed by atoms with Gasteiger partial charge in [-0.3, -0.25) is 0 Å². The lowest BCUT2D eigenvalue weighted by Gasteiger charge is -2.07. The molecule has 21 heavy (non-hydrogen) atoms. The first-order chi connectivity index (χ1) is 10.1. The molecule has 0 aliphatic rings. The highest BCUT2D eigenvalue weighted by Gasteiger charge is 2.09. The van der Waals surface area contributed by atoms with E-state index in [1.165, 1.54) is 12.1 Å². The summed E-state index contributed by atoms with van der Waals surface area (Å²) in [5.41, 5.74) is 0.747. The van der Waals surface area contributed by atoms with E-state index < -0.39 is 9.05 Å². The minimum atomic E-state index is -3.70. The van der Waals surface area contributed by atoms with E-state index in [0.717, 1.165) is 11.3 Å². The van der Waals surface area contributed by atoms with Gasteiger partial charge in [0.1, 0.15) is 12.4 Å². The van der Waals surface area contributed by atoms with Crippen LogP contribution in [0.5, 0.6) is 5.75 Å². The van der Waals surface area contributed by atoms with Gasteiger partial charge >= 0.3 is 0 Å². The number of ether oxygens (including phenoxy) is 2. The van der Waals surface area contributed by atoms with Crippen LogP contribution in [0.2, 0.25) is 0 Å². The van der Waals surface area contributed by atoms with Crippen molar-refractivity contribution >= 4 is 19.7 Å². The highest BCUT2D eigenvalue weighted by Crippen LogP contribution is 2.16. The highest BCUT2D eigenvalue weighted by atomic mass is 35.7. The second-order valence-corrected chi connectivity index (χ2v) is 6.87. The number of rotatable bonds is 7. The van der Waals surface area contributed by atoms with Gasteiger partial charge < -0.3 is 9.47 Å². The van der Waals surface area contributed by atoms with Crippen molar-refractivity contribution in [3.63, 3.8) is 0 Å². The van der Waals surface area contributed by atoms with E-state index in [1.807, 2.05) is 30.3 Å². The Labute approximate surface area is 128 Å². The molecule has 4 nitrogen and oxygen atoms in total. The van der Waals surface area contributed by atoms with E-state index in [2.05, 4.69) is 0 Å². The summed E-state index contributed by atoms with van der Waals surface area (Å²) < 4.78 is 33.4.